The maximum atomic E-state index is 11.6. The molecule has 1 rings (SSSR count). The second-order valence-corrected chi connectivity index (χ2v) is 6.62. The van der Waals surface area contributed by atoms with Gasteiger partial charge in [0.05, 0.1) is 6.61 Å². The summed E-state index contributed by atoms with van der Waals surface area (Å²) in [7, 11) is 0. The van der Waals surface area contributed by atoms with E-state index in [0.717, 1.165) is 32.1 Å². The van der Waals surface area contributed by atoms with Gasteiger partial charge in [0.1, 0.15) is 5.60 Å². The van der Waals surface area contributed by atoms with Crippen molar-refractivity contribution in [2.45, 2.75) is 58.5 Å². The minimum absolute atomic E-state index is 0.179. The Hall–Kier alpha value is -1.53. The number of amides is 1. The maximum Gasteiger partial charge on any atom is 0.407 e. The van der Waals surface area contributed by atoms with E-state index in [-0.39, 0.29) is 12.7 Å². The van der Waals surface area contributed by atoms with Crippen LogP contribution in [-0.4, -0.2) is 29.9 Å². The van der Waals surface area contributed by atoms with Gasteiger partial charge >= 0.3 is 6.09 Å². The summed E-state index contributed by atoms with van der Waals surface area (Å²) >= 11 is 0. The van der Waals surface area contributed by atoms with Gasteiger partial charge in [-0.2, -0.15) is 0 Å². The van der Waals surface area contributed by atoms with Crippen LogP contribution in [0, 0.1) is 22.0 Å². The van der Waals surface area contributed by atoms with Crippen molar-refractivity contribution in [1.82, 2.24) is 5.32 Å². The molecule has 1 saturated carbocycles. The Balaban J connectivity index is 2.13. The first-order chi connectivity index (χ1) is 9.76. The average molecular weight is 302 g/mol. The van der Waals surface area contributed by atoms with Gasteiger partial charge in [0.25, 0.3) is 5.09 Å². The summed E-state index contributed by atoms with van der Waals surface area (Å²) in [5.41, 5.74) is -0.473. The highest BCUT2D eigenvalue weighted by atomic mass is 16.9. The van der Waals surface area contributed by atoms with E-state index >= 15 is 0 Å². The van der Waals surface area contributed by atoms with Crippen molar-refractivity contribution in [2.75, 3.05) is 13.2 Å². The minimum atomic E-state index is -0.740. The van der Waals surface area contributed by atoms with Gasteiger partial charge in [-0.15, -0.1) is 10.1 Å². The van der Waals surface area contributed by atoms with E-state index in [1.165, 1.54) is 0 Å². The topological polar surface area (TPSA) is 90.7 Å². The smallest absolute Gasteiger partial charge is 0.407 e. The zero-order chi connectivity index (χ0) is 15.9. The van der Waals surface area contributed by atoms with Gasteiger partial charge < -0.3 is 14.9 Å². The van der Waals surface area contributed by atoms with Crippen molar-refractivity contribution in [1.29, 1.82) is 0 Å². The summed E-state index contributed by atoms with van der Waals surface area (Å²) in [5.74, 6) is 0.952. The van der Waals surface area contributed by atoms with Crippen LogP contribution in [0.4, 0.5) is 4.79 Å². The third kappa shape index (κ3) is 8.37. The number of rotatable bonds is 6. The van der Waals surface area contributed by atoms with Crippen LogP contribution < -0.4 is 5.32 Å². The van der Waals surface area contributed by atoms with Crippen molar-refractivity contribution >= 4 is 6.09 Å². The highest BCUT2D eigenvalue weighted by Gasteiger charge is 2.23. The van der Waals surface area contributed by atoms with Gasteiger partial charge in [-0.3, -0.25) is 0 Å². The molecule has 0 aromatic heterocycles. The van der Waals surface area contributed by atoms with Crippen molar-refractivity contribution in [3.8, 4) is 0 Å². The normalized spacial score (nSPS) is 22.4. The van der Waals surface area contributed by atoms with E-state index in [1.807, 2.05) is 20.8 Å². The molecule has 21 heavy (non-hydrogen) atoms. The maximum absolute atomic E-state index is 11.6. The Morgan fingerprint density at radius 3 is 2.33 bits per heavy atom. The number of ether oxygens (including phenoxy) is 1. The Morgan fingerprint density at radius 2 is 1.81 bits per heavy atom. The molecule has 0 aliphatic heterocycles. The fourth-order valence-electron chi connectivity index (χ4n) is 2.56. The Bertz CT molecular complexity index is 346. The summed E-state index contributed by atoms with van der Waals surface area (Å²) in [6.07, 6.45) is 4.47. The molecule has 1 aliphatic rings. The SMILES string of the molecule is CC(C)(C)OC(=O)NCC1CCC(CCO[N+](=O)[O-])CC1. The lowest BCUT2D eigenvalue weighted by molar-refractivity contribution is -0.758. The standard InChI is InChI=1S/C14H26N2O5/c1-14(2,3)21-13(17)15-10-12-6-4-11(5-7-12)8-9-20-16(18)19/h11-12H,4-10H2,1-3H3,(H,15,17). The van der Waals surface area contributed by atoms with Crippen LogP contribution in [0.5, 0.6) is 0 Å². The van der Waals surface area contributed by atoms with Gasteiger partial charge in [-0.25, -0.2) is 4.79 Å². The number of carbonyl (C=O) groups is 1. The average Bonchev–Trinajstić information content (AvgIpc) is 2.35. The largest absolute Gasteiger partial charge is 0.444 e. The number of hydrogen-bond donors (Lipinski definition) is 1. The van der Waals surface area contributed by atoms with E-state index < -0.39 is 10.7 Å². The molecule has 122 valence electrons. The predicted molar refractivity (Wildman–Crippen MR) is 77.2 cm³/mol. The molecule has 0 unspecified atom stereocenters. The van der Waals surface area contributed by atoms with E-state index in [4.69, 9.17) is 4.74 Å². The summed E-state index contributed by atoms with van der Waals surface area (Å²) < 4.78 is 5.20. The molecule has 0 saturated heterocycles. The fourth-order valence-corrected chi connectivity index (χ4v) is 2.56. The molecule has 0 heterocycles. The molecule has 0 spiro atoms. The van der Waals surface area contributed by atoms with Crippen LogP contribution in [0.25, 0.3) is 0 Å². The third-order valence-electron chi connectivity index (χ3n) is 3.62. The van der Waals surface area contributed by atoms with Gasteiger partial charge in [0.2, 0.25) is 0 Å². The van der Waals surface area contributed by atoms with E-state index in [0.29, 0.717) is 18.4 Å². The van der Waals surface area contributed by atoms with Crippen LogP contribution >= 0.6 is 0 Å². The molecule has 0 bridgehead atoms. The van der Waals surface area contributed by atoms with Crippen LogP contribution in [0.15, 0.2) is 0 Å². The molecule has 0 aromatic carbocycles. The van der Waals surface area contributed by atoms with Gasteiger partial charge in [-0.05, 0) is 51.9 Å². The molecule has 0 atom stereocenters. The van der Waals surface area contributed by atoms with Crippen molar-refractivity contribution in [3.63, 3.8) is 0 Å². The van der Waals surface area contributed by atoms with E-state index in [1.54, 1.807) is 0 Å². The van der Waals surface area contributed by atoms with Gasteiger partial charge in [-0.1, -0.05) is 12.8 Å². The minimum Gasteiger partial charge on any atom is -0.444 e. The summed E-state index contributed by atoms with van der Waals surface area (Å²) in [5, 5.41) is 12.1. The number of carbonyl (C=O) groups excluding carboxylic acids is 1. The van der Waals surface area contributed by atoms with Crippen molar-refractivity contribution in [2.24, 2.45) is 11.8 Å². The number of nitrogens with one attached hydrogen (secondary N) is 1. The van der Waals surface area contributed by atoms with Gasteiger partial charge in [0.15, 0.2) is 0 Å². The lowest BCUT2D eigenvalue weighted by atomic mass is 9.80. The Labute approximate surface area is 125 Å². The molecule has 0 aromatic rings. The molecule has 1 aliphatic carbocycles. The summed E-state index contributed by atoms with van der Waals surface area (Å²) in [6.45, 7) is 6.33. The summed E-state index contributed by atoms with van der Waals surface area (Å²) in [6, 6.07) is 0. The molecule has 1 fully saturated rings. The molecule has 7 heteroatoms. The molecule has 1 N–H and O–H groups in total. The predicted octanol–water partition coefficient (Wildman–Crippen LogP) is 2.92. The molecule has 7 nitrogen and oxygen atoms in total. The first kappa shape index (κ1) is 17.5. The Kier molecular flexibility index (Phi) is 6.71. The quantitative estimate of drug-likeness (QED) is 0.601. The second kappa shape index (κ2) is 8.05. The second-order valence-electron chi connectivity index (χ2n) is 6.62. The third-order valence-corrected chi connectivity index (χ3v) is 3.62. The van der Waals surface area contributed by atoms with E-state index in [2.05, 4.69) is 10.2 Å². The van der Waals surface area contributed by atoms with Crippen LogP contribution in [0.3, 0.4) is 0 Å². The molecular weight excluding hydrogens is 276 g/mol. The zero-order valence-corrected chi connectivity index (χ0v) is 13.1. The van der Waals surface area contributed by atoms with Gasteiger partial charge in [0, 0.05) is 6.54 Å². The highest BCUT2D eigenvalue weighted by molar-refractivity contribution is 5.67. The first-order valence-corrected chi connectivity index (χ1v) is 7.50. The lowest BCUT2D eigenvalue weighted by Crippen LogP contribution is -2.36. The monoisotopic (exact) mass is 302 g/mol. The lowest BCUT2D eigenvalue weighted by Gasteiger charge is -2.28. The van der Waals surface area contributed by atoms with Crippen LogP contribution in [-0.2, 0) is 9.57 Å². The first-order valence-electron chi connectivity index (χ1n) is 7.50. The number of hydrogen-bond acceptors (Lipinski definition) is 5. The molecular formula is C14H26N2O5. The molecule has 1 amide bonds. The van der Waals surface area contributed by atoms with Crippen molar-refractivity contribution < 1.29 is 19.5 Å². The number of alkyl carbamates (subject to hydrolysis) is 1. The van der Waals surface area contributed by atoms with Crippen LogP contribution in [0.2, 0.25) is 0 Å². The zero-order valence-electron chi connectivity index (χ0n) is 13.1. The van der Waals surface area contributed by atoms with Crippen molar-refractivity contribution in [3.05, 3.63) is 10.1 Å². The number of nitrogens with zero attached hydrogens (tertiary/aromatic N) is 1. The van der Waals surface area contributed by atoms with E-state index in [9.17, 15) is 14.9 Å². The summed E-state index contributed by atoms with van der Waals surface area (Å²) in [4.78, 5) is 26.0. The molecule has 0 radical (unpaired) electrons. The fraction of sp³-hybridized carbons (Fsp3) is 0.929. The highest BCUT2D eigenvalue weighted by Crippen LogP contribution is 2.30. The van der Waals surface area contributed by atoms with Crippen LogP contribution in [0.1, 0.15) is 52.9 Å². The Morgan fingerprint density at radius 1 is 1.24 bits per heavy atom.